The monoisotopic (exact) mass is 350 g/mol. The fraction of sp³-hybridized carbons (Fsp3) is 0.0476. The van der Waals surface area contributed by atoms with Crippen LogP contribution in [0, 0.1) is 12.7 Å². The maximum Gasteiger partial charge on any atom is 0.343 e. The van der Waals surface area contributed by atoms with E-state index in [0.717, 1.165) is 6.07 Å². The molecule has 0 unspecified atom stereocenters. The Morgan fingerprint density at radius 3 is 2.00 bits per heavy atom. The topological polar surface area (TPSA) is 63.6 Å². The first-order valence-electron chi connectivity index (χ1n) is 7.85. The highest BCUT2D eigenvalue weighted by atomic mass is 19.1. The van der Waals surface area contributed by atoms with Crippen LogP contribution >= 0.6 is 0 Å². The fourth-order valence-corrected chi connectivity index (χ4v) is 2.47. The van der Waals surface area contributed by atoms with Crippen LogP contribution < -0.4 is 4.74 Å². The van der Waals surface area contributed by atoms with Gasteiger partial charge in [-0.15, -0.1) is 0 Å². The van der Waals surface area contributed by atoms with Gasteiger partial charge in [0.15, 0.2) is 5.78 Å². The van der Waals surface area contributed by atoms with Crippen molar-refractivity contribution in [3.63, 3.8) is 0 Å². The molecule has 4 nitrogen and oxygen atoms in total. The standard InChI is InChI=1S/C21H15FO4/c1-13-10-16(12-17(22)11-13)21(25)26-19-8-4-15(5-9-19)20(24)14-2-6-18(23)7-3-14/h2-12,23H,1H3. The van der Waals surface area contributed by atoms with Crippen LogP contribution in [-0.2, 0) is 0 Å². The van der Waals surface area contributed by atoms with Crippen LogP contribution in [0.1, 0.15) is 31.8 Å². The number of benzene rings is 3. The third kappa shape index (κ3) is 3.95. The van der Waals surface area contributed by atoms with Crippen molar-refractivity contribution in [2.75, 3.05) is 0 Å². The van der Waals surface area contributed by atoms with Crippen molar-refractivity contribution in [3.05, 3.63) is 94.8 Å². The summed E-state index contributed by atoms with van der Waals surface area (Å²) in [5.41, 5.74) is 1.58. The Hall–Kier alpha value is -3.47. The third-order valence-corrected chi connectivity index (χ3v) is 3.73. The second-order valence-electron chi connectivity index (χ2n) is 5.81. The molecule has 3 aromatic carbocycles. The molecule has 0 heterocycles. The molecule has 0 fully saturated rings. The Morgan fingerprint density at radius 1 is 0.846 bits per heavy atom. The minimum Gasteiger partial charge on any atom is -0.508 e. The molecule has 0 atom stereocenters. The Labute approximate surface area is 149 Å². The number of phenolic OH excluding ortho intramolecular Hbond substituents is 1. The van der Waals surface area contributed by atoms with Crippen molar-refractivity contribution >= 4 is 11.8 Å². The Balaban J connectivity index is 1.74. The molecule has 0 radical (unpaired) electrons. The average molecular weight is 350 g/mol. The largest absolute Gasteiger partial charge is 0.508 e. The van der Waals surface area contributed by atoms with E-state index in [2.05, 4.69) is 0 Å². The molecule has 0 saturated heterocycles. The first-order chi connectivity index (χ1) is 12.4. The van der Waals surface area contributed by atoms with E-state index in [1.807, 2.05) is 0 Å². The van der Waals surface area contributed by atoms with Gasteiger partial charge in [-0.2, -0.15) is 0 Å². The maximum absolute atomic E-state index is 13.4. The zero-order valence-electron chi connectivity index (χ0n) is 13.9. The van der Waals surface area contributed by atoms with E-state index in [-0.39, 0.29) is 22.8 Å². The van der Waals surface area contributed by atoms with Gasteiger partial charge in [0.25, 0.3) is 0 Å². The number of aryl methyl sites for hydroxylation is 1. The molecule has 5 heteroatoms. The lowest BCUT2D eigenvalue weighted by molar-refractivity contribution is 0.0734. The van der Waals surface area contributed by atoms with Crippen molar-refractivity contribution in [2.24, 2.45) is 0 Å². The van der Waals surface area contributed by atoms with Gasteiger partial charge in [0, 0.05) is 11.1 Å². The van der Waals surface area contributed by atoms with Gasteiger partial charge in [-0.3, -0.25) is 4.79 Å². The molecule has 0 aliphatic heterocycles. The molecule has 0 aliphatic rings. The highest BCUT2D eigenvalue weighted by Crippen LogP contribution is 2.19. The van der Waals surface area contributed by atoms with Gasteiger partial charge < -0.3 is 9.84 Å². The van der Waals surface area contributed by atoms with Crippen molar-refractivity contribution in [1.82, 2.24) is 0 Å². The SMILES string of the molecule is Cc1cc(F)cc(C(=O)Oc2ccc(C(=O)c3ccc(O)cc3)cc2)c1. The van der Waals surface area contributed by atoms with Crippen LogP contribution in [0.2, 0.25) is 0 Å². The smallest absolute Gasteiger partial charge is 0.343 e. The number of aromatic hydroxyl groups is 1. The van der Waals surface area contributed by atoms with Gasteiger partial charge >= 0.3 is 5.97 Å². The summed E-state index contributed by atoms with van der Waals surface area (Å²) in [7, 11) is 0. The average Bonchev–Trinajstić information content (AvgIpc) is 2.61. The van der Waals surface area contributed by atoms with E-state index >= 15 is 0 Å². The summed E-state index contributed by atoms with van der Waals surface area (Å²) in [6, 6.07) is 16.0. The number of phenols is 1. The van der Waals surface area contributed by atoms with Crippen LogP contribution in [0.3, 0.4) is 0 Å². The van der Waals surface area contributed by atoms with Crippen LogP contribution in [0.25, 0.3) is 0 Å². The number of hydrogen-bond donors (Lipinski definition) is 1. The highest BCUT2D eigenvalue weighted by molar-refractivity contribution is 6.09. The molecular formula is C21H15FO4. The van der Waals surface area contributed by atoms with E-state index in [0.29, 0.717) is 16.7 Å². The molecule has 0 bridgehead atoms. The summed E-state index contributed by atoms with van der Waals surface area (Å²) < 4.78 is 18.6. The predicted molar refractivity (Wildman–Crippen MR) is 94.1 cm³/mol. The van der Waals surface area contributed by atoms with Crippen molar-refractivity contribution in [3.8, 4) is 11.5 Å². The zero-order chi connectivity index (χ0) is 18.7. The summed E-state index contributed by atoms with van der Waals surface area (Å²) in [4.78, 5) is 24.5. The molecule has 3 rings (SSSR count). The number of ether oxygens (including phenoxy) is 1. The Morgan fingerprint density at radius 2 is 1.42 bits per heavy atom. The number of carbonyl (C=O) groups excluding carboxylic acids is 2. The van der Waals surface area contributed by atoms with Crippen molar-refractivity contribution < 1.29 is 23.8 Å². The van der Waals surface area contributed by atoms with Gasteiger partial charge in [0.05, 0.1) is 5.56 Å². The van der Waals surface area contributed by atoms with E-state index in [1.165, 1.54) is 60.7 Å². The number of ketones is 1. The van der Waals surface area contributed by atoms with E-state index in [1.54, 1.807) is 6.92 Å². The van der Waals surface area contributed by atoms with Crippen molar-refractivity contribution in [2.45, 2.75) is 6.92 Å². The Bertz CT molecular complexity index is 940. The molecule has 3 aromatic rings. The minimum absolute atomic E-state index is 0.0800. The number of halogens is 1. The number of carbonyl (C=O) groups is 2. The number of rotatable bonds is 4. The van der Waals surface area contributed by atoms with Gasteiger partial charge in [-0.1, -0.05) is 0 Å². The summed E-state index contributed by atoms with van der Waals surface area (Å²) in [6.07, 6.45) is 0. The second kappa shape index (κ2) is 7.19. The van der Waals surface area contributed by atoms with E-state index in [9.17, 15) is 19.1 Å². The first kappa shape index (κ1) is 17.4. The molecule has 1 N–H and O–H groups in total. The van der Waals surface area contributed by atoms with E-state index in [4.69, 9.17) is 4.74 Å². The molecule has 0 aromatic heterocycles. The molecule has 0 amide bonds. The summed E-state index contributed by atoms with van der Waals surface area (Å²) in [6.45, 7) is 1.68. The number of esters is 1. The predicted octanol–water partition coefficient (Wildman–Crippen LogP) is 4.29. The summed E-state index contributed by atoms with van der Waals surface area (Å²) in [5.74, 6) is -1.07. The summed E-state index contributed by atoms with van der Waals surface area (Å²) >= 11 is 0. The van der Waals surface area contributed by atoms with E-state index < -0.39 is 11.8 Å². The van der Waals surface area contributed by atoms with Crippen LogP contribution in [0.5, 0.6) is 11.5 Å². The first-order valence-corrected chi connectivity index (χ1v) is 7.85. The zero-order valence-corrected chi connectivity index (χ0v) is 13.9. The summed E-state index contributed by atoms with van der Waals surface area (Å²) in [5, 5.41) is 9.27. The third-order valence-electron chi connectivity index (χ3n) is 3.73. The highest BCUT2D eigenvalue weighted by Gasteiger charge is 2.12. The van der Waals surface area contributed by atoms with Crippen LogP contribution in [0.15, 0.2) is 66.7 Å². The van der Waals surface area contributed by atoms with Gasteiger partial charge in [-0.25, -0.2) is 9.18 Å². The maximum atomic E-state index is 13.4. The molecule has 0 aliphatic carbocycles. The quantitative estimate of drug-likeness (QED) is 0.433. The lowest BCUT2D eigenvalue weighted by atomic mass is 10.0. The molecule has 0 spiro atoms. The minimum atomic E-state index is -0.676. The van der Waals surface area contributed by atoms with Crippen LogP contribution in [0.4, 0.5) is 4.39 Å². The van der Waals surface area contributed by atoms with Gasteiger partial charge in [-0.05, 0) is 79.2 Å². The Kier molecular flexibility index (Phi) is 4.80. The molecule has 130 valence electrons. The lowest BCUT2D eigenvalue weighted by Gasteiger charge is -2.07. The molecular weight excluding hydrogens is 335 g/mol. The molecule has 26 heavy (non-hydrogen) atoms. The lowest BCUT2D eigenvalue weighted by Crippen LogP contribution is -2.09. The van der Waals surface area contributed by atoms with Gasteiger partial charge in [0.1, 0.15) is 17.3 Å². The van der Waals surface area contributed by atoms with Crippen LogP contribution in [-0.4, -0.2) is 16.9 Å². The second-order valence-corrected chi connectivity index (χ2v) is 5.81. The fourth-order valence-electron chi connectivity index (χ4n) is 2.47. The van der Waals surface area contributed by atoms with Crippen molar-refractivity contribution in [1.29, 1.82) is 0 Å². The van der Waals surface area contributed by atoms with Gasteiger partial charge in [0.2, 0.25) is 0 Å². The molecule has 0 saturated carbocycles. The normalized spacial score (nSPS) is 10.4. The number of hydrogen-bond acceptors (Lipinski definition) is 4.